The number of rotatable bonds is 10. The molecule has 0 atom stereocenters. The molecule has 1 aromatic heterocycles. The molecular weight excluding hydrogens is 607 g/mol. The molecule has 0 bridgehead atoms. The highest BCUT2D eigenvalue weighted by molar-refractivity contribution is 7.89. The van der Waals surface area contributed by atoms with Crippen LogP contribution in [0, 0.1) is 0 Å². The van der Waals surface area contributed by atoms with E-state index in [-0.39, 0.29) is 12.5 Å². The van der Waals surface area contributed by atoms with Crippen LogP contribution in [0.15, 0.2) is 83.4 Å². The van der Waals surface area contributed by atoms with E-state index in [2.05, 4.69) is 5.16 Å². The van der Waals surface area contributed by atoms with Crippen LogP contribution < -0.4 is 4.74 Å². The smallest absolute Gasteiger partial charge is 0.221 e. The number of benzene rings is 4. The third-order valence-corrected chi connectivity index (χ3v) is 9.53. The molecule has 5 aromatic rings. The highest BCUT2D eigenvalue weighted by atomic mass is 35.5. The van der Waals surface area contributed by atoms with Crippen LogP contribution in [0.3, 0.4) is 0 Å². The summed E-state index contributed by atoms with van der Waals surface area (Å²) in [5, 5.41) is 6.78. The first-order chi connectivity index (χ1) is 20.5. The van der Waals surface area contributed by atoms with Gasteiger partial charge in [-0.2, -0.15) is 0 Å². The molecule has 43 heavy (non-hydrogen) atoms. The summed E-state index contributed by atoms with van der Waals surface area (Å²) in [5.41, 5.74) is 4.23. The highest BCUT2D eigenvalue weighted by Gasteiger charge is 2.24. The number of sulfonamides is 1. The molecule has 0 unspecified atom stereocenters. The van der Waals surface area contributed by atoms with Crippen molar-refractivity contribution in [3.05, 3.63) is 106 Å². The summed E-state index contributed by atoms with van der Waals surface area (Å²) in [6.45, 7) is 4.25. The molecule has 0 aliphatic carbocycles. The average Bonchev–Trinajstić information content (AvgIpc) is 3.39. The minimum atomic E-state index is -3.66. The number of ether oxygens (including phenoxy) is 1. The first kappa shape index (κ1) is 30.8. The molecule has 0 radical (unpaired) electrons. The van der Waals surface area contributed by atoms with Gasteiger partial charge in [-0.25, -0.2) is 12.7 Å². The third-order valence-electron chi connectivity index (χ3n) is 7.16. The van der Waals surface area contributed by atoms with Crippen molar-refractivity contribution in [1.29, 1.82) is 0 Å². The maximum atomic E-state index is 12.9. The quantitative estimate of drug-likeness (QED) is 0.143. The fraction of sp³-hybridized carbons (Fsp3) is 0.212. The lowest BCUT2D eigenvalue weighted by Crippen LogP contribution is -2.29. The SMILES string of the molecule is CC(C)c1onc(-c2c(Cl)cccc2Cl)c1COc1ccc(-c2ccc3c(C(=O)CS(=O)(=O)N(C)C)cccc3c2)cc1. The van der Waals surface area contributed by atoms with Crippen molar-refractivity contribution < 1.29 is 22.5 Å². The van der Waals surface area contributed by atoms with E-state index in [1.807, 2.05) is 62.4 Å². The molecule has 0 saturated carbocycles. The Morgan fingerprint density at radius 1 is 0.930 bits per heavy atom. The molecule has 10 heteroatoms. The van der Waals surface area contributed by atoms with E-state index < -0.39 is 21.6 Å². The summed E-state index contributed by atoms with van der Waals surface area (Å²) in [4.78, 5) is 12.9. The van der Waals surface area contributed by atoms with Crippen molar-refractivity contribution in [1.82, 2.24) is 9.46 Å². The van der Waals surface area contributed by atoms with Gasteiger partial charge in [0.05, 0.1) is 15.6 Å². The number of hydrogen-bond donors (Lipinski definition) is 0. The molecule has 0 aliphatic rings. The zero-order valence-corrected chi connectivity index (χ0v) is 26.4. The van der Waals surface area contributed by atoms with E-state index in [0.29, 0.717) is 43.8 Å². The van der Waals surface area contributed by atoms with Gasteiger partial charge in [-0.05, 0) is 52.2 Å². The average molecular weight is 638 g/mol. The van der Waals surface area contributed by atoms with Gasteiger partial charge in [-0.3, -0.25) is 4.79 Å². The Bertz CT molecular complexity index is 1900. The highest BCUT2D eigenvalue weighted by Crippen LogP contribution is 2.39. The van der Waals surface area contributed by atoms with Crippen LogP contribution in [0.4, 0.5) is 0 Å². The molecule has 0 spiro atoms. The van der Waals surface area contributed by atoms with Crippen LogP contribution in [0.2, 0.25) is 10.0 Å². The van der Waals surface area contributed by atoms with Crippen molar-refractivity contribution in [2.75, 3.05) is 19.8 Å². The Balaban J connectivity index is 1.37. The van der Waals surface area contributed by atoms with E-state index in [0.717, 1.165) is 26.4 Å². The second-order valence-corrected chi connectivity index (χ2v) is 13.6. The largest absolute Gasteiger partial charge is 0.489 e. The Morgan fingerprint density at radius 2 is 1.58 bits per heavy atom. The number of carbonyl (C=O) groups is 1. The minimum absolute atomic E-state index is 0.0737. The second-order valence-electron chi connectivity index (χ2n) is 10.6. The van der Waals surface area contributed by atoms with Gasteiger partial charge in [0.1, 0.15) is 29.6 Å². The monoisotopic (exact) mass is 636 g/mol. The van der Waals surface area contributed by atoms with Gasteiger partial charge in [0.25, 0.3) is 0 Å². The van der Waals surface area contributed by atoms with Gasteiger partial charge in [0.15, 0.2) is 5.78 Å². The Labute approximate surface area is 261 Å². The zero-order chi connectivity index (χ0) is 30.9. The molecule has 0 fully saturated rings. The maximum Gasteiger partial charge on any atom is 0.221 e. The van der Waals surface area contributed by atoms with E-state index in [9.17, 15) is 13.2 Å². The third kappa shape index (κ3) is 6.48. The number of carbonyl (C=O) groups excluding carboxylic acids is 1. The van der Waals surface area contributed by atoms with Crippen molar-refractivity contribution >= 4 is 49.8 Å². The van der Waals surface area contributed by atoms with Crippen molar-refractivity contribution in [2.24, 2.45) is 0 Å². The summed E-state index contributed by atoms with van der Waals surface area (Å²) in [7, 11) is -0.832. The number of aromatic nitrogens is 1. The molecule has 0 aliphatic heterocycles. The lowest BCUT2D eigenvalue weighted by molar-refractivity contribution is 0.102. The van der Waals surface area contributed by atoms with Crippen molar-refractivity contribution in [3.8, 4) is 28.1 Å². The molecule has 1 heterocycles. The number of nitrogens with zero attached hydrogens (tertiary/aromatic N) is 2. The first-order valence-corrected chi connectivity index (χ1v) is 15.9. The van der Waals surface area contributed by atoms with Crippen LogP contribution in [-0.2, 0) is 16.6 Å². The Hall–Kier alpha value is -3.69. The molecular formula is C33H30Cl2N2O5S. The standard InChI is InChI=1S/C33H30Cl2N2O5S/c1-20(2)33-27(32(36-42-33)31-28(34)9-6-10-29(31)35)18-41-24-14-11-21(12-15-24)22-13-16-25-23(17-22)7-5-8-26(25)30(38)19-43(39,40)37(3)4/h5-17,20H,18-19H2,1-4H3. The predicted octanol–water partition coefficient (Wildman–Crippen LogP) is 8.25. The van der Waals surface area contributed by atoms with Gasteiger partial charge in [0.2, 0.25) is 10.0 Å². The fourth-order valence-electron chi connectivity index (χ4n) is 4.81. The predicted molar refractivity (Wildman–Crippen MR) is 172 cm³/mol. The normalized spacial score (nSPS) is 11.9. The minimum Gasteiger partial charge on any atom is -0.489 e. The summed E-state index contributed by atoms with van der Waals surface area (Å²) < 4.78 is 37.4. The summed E-state index contributed by atoms with van der Waals surface area (Å²) in [5.74, 6) is 0.414. The zero-order valence-electron chi connectivity index (χ0n) is 24.1. The molecule has 222 valence electrons. The van der Waals surface area contributed by atoms with Gasteiger partial charge < -0.3 is 9.26 Å². The van der Waals surface area contributed by atoms with Crippen molar-refractivity contribution in [2.45, 2.75) is 26.4 Å². The molecule has 0 saturated heterocycles. The summed E-state index contributed by atoms with van der Waals surface area (Å²) in [6.07, 6.45) is 0. The van der Waals surface area contributed by atoms with Crippen molar-refractivity contribution in [3.63, 3.8) is 0 Å². The van der Waals surface area contributed by atoms with Crippen LogP contribution in [-0.4, -0.2) is 43.5 Å². The molecule has 4 aromatic carbocycles. The van der Waals surface area contributed by atoms with Crippen LogP contribution in [0.1, 0.15) is 41.4 Å². The van der Waals surface area contributed by atoms with E-state index >= 15 is 0 Å². The van der Waals surface area contributed by atoms with Gasteiger partial charge in [-0.1, -0.05) is 90.7 Å². The van der Waals surface area contributed by atoms with Gasteiger partial charge in [-0.15, -0.1) is 0 Å². The van der Waals surface area contributed by atoms with Crippen LogP contribution in [0.5, 0.6) is 5.75 Å². The number of halogens is 2. The summed E-state index contributed by atoms with van der Waals surface area (Å²) >= 11 is 12.9. The topological polar surface area (TPSA) is 89.7 Å². The Morgan fingerprint density at radius 3 is 2.23 bits per heavy atom. The number of Topliss-reactive ketones (excluding diaryl/α,β-unsaturated/α-hetero) is 1. The first-order valence-electron chi connectivity index (χ1n) is 13.6. The lowest BCUT2D eigenvalue weighted by atomic mass is 9.97. The number of ketones is 1. The van der Waals surface area contributed by atoms with Gasteiger partial charge in [0, 0.05) is 31.1 Å². The van der Waals surface area contributed by atoms with Crippen LogP contribution >= 0.6 is 23.2 Å². The molecule has 7 nitrogen and oxygen atoms in total. The molecule has 5 rings (SSSR count). The number of fused-ring (bicyclic) bond motifs is 1. The van der Waals surface area contributed by atoms with Crippen LogP contribution in [0.25, 0.3) is 33.2 Å². The number of hydrogen-bond acceptors (Lipinski definition) is 6. The summed E-state index contributed by atoms with van der Waals surface area (Å²) in [6, 6.07) is 24.1. The van der Waals surface area contributed by atoms with E-state index in [1.165, 1.54) is 14.1 Å². The molecule has 0 amide bonds. The second kappa shape index (κ2) is 12.5. The van der Waals surface area contributed by atoms with E-state index in [1.54, 1.807) is 30.3 Å². The van der Waals surface area contributed by atoms with E-state index in [4.69, 9.17) is 32.5 Å². The maximum absolute atomic E-state index is 12.9. The van der Waals surface area contributed by atoms with Gasteiger partial charge >= 0.3 is 0 Å². The fourth-order valence-corrected chi connectivity index (χ4v) is 6.14. The Kier molecular flexibility index (Phi) is 8.94. The lowest BCUT2D eigenvalue weighted by Gasteiger charge is -2.12. The molecule has 0 N–H and O–H groups in total.